The van der Waals surface area contributed by atoms with Gasteiger partial charge in [-0.1, -0.05) is 19.4 Å². The van der Waals surface area contributed by atoms with E-state index in [-0.39, 0.29) is 59.5 Å². The molecule has 5 fully saturated rings. The average molecular weight is 503 g/mol. The summed E-state index contributed by atoms with van der Waals surface area (Å²) in [5.74, 6) is 0.316. The fourth-order valence-electron chi connectivity index (χ4n) is 10.0. The molecule has 0 radical (unpaired) electrons. The molecule has 4 saturated carbocycles. The quantitative estimate of drug-likeness (QED) is 0.450. The number of ether oxygens (including phenoxy) is 3. The number of esters is 1. The van der Waals surface area contributed by atoms with Crippen LogP contribution in [0.4, 0.5) is 0 Å². The van der Waals surface area contributed by atoms with Crippen molar-refractivity contribution in [2.75, 3.05) is 7.11 Å². The van der Waals surface area contributed by atoms with Gasteiger partial charge in [0.15, 0.2) is 0 Å². The minimum absolute atomic E-state index is 0.118. The van der Waals surface area contributed by atoms with E-state index in [9.17, 15) is 19.8 Å². The van der Waals surface area contributed by atoms with Gasteiger partial charge in [-0.25, -0.2) is 4.79 Å². The molecule has 36 heavy (non-hydrogen) atoms. The monoisotopic (exact) mass is 502 g/mol. The van der Waals surface area contributed by atoms with E-state index in [0.717, 1.165) is 31.3 Å². The first-order valence-electron chi connectivity index (χ1n) is 13.9. The molecule has 2 aliphatic heterocycles. The topological polar surface area (TPSA) is 106 Å². The van der Waals surface area contributed by atoms with Gasteiger partial charge in [-0.05, 0) is 76.0 Å². The Morgan fingerprint density at radius 1 is 1.08 bits per heavy atom. The van der Waals surface area contributed by atoms with Crippen molar-refractivity contribution in [1.82, 2.24) is 0 Å². The van der Waals surface area contributed by atoms with Gasteiger partial charge in [0.2, 0.25) is 0 Å². The summed E-state index contributed by atoms with van der Waals surface area (Å²) in [6, 6.07) is 0. The van der Waals surface area contributed by atoms with Gasteiger partial charge in [0.05, 0.1) is 23.2 Å². The van der Waals surface area contributed by atoms with E-state index >= 15 is 0 Å². The van der Waals surface area contributed by atoms with E-state index in [1.807, 2.05) is 20.8 Å². The Labute approximate surface area is 213 Å². The van der Waals surface area contributed by atoms with E-state index in [1.54, 1.807) is 7.11 Å². The Morgan fingerprint density at radius 3 is 2.44 bits per heavy atom. The molecule has 12 atom stereocenters. The number of epoxide rings is 1. The minimum atomic E-state index is -0.948. The van der Waals surface area contributed by atoms with Gasteiger partial charge >= 0.3 is 5.97 Å². The second-order valence-corrected chi connectivity index (χ2v) is 13.3. The molecule has 2 N–H and O–H groups in total. The number of hydrogen-bond acceptors (Lipinski definition) is 7. The van der Waals surface area contributed by atoms with Crippen LogP contribution >= 0.6 is 0 Å². The third-order valence-electron chi connectivity index (χ3n) is 12.5. The van der Waals surface area contributed by atoms with Gasteiger partial charge in [-0.2, -0.15) is 0 Å². The summed E-state index contributed by atoms with van der Waals surface area (Å²) in [7, 11) is 1.55. The van der Waals surface area contributed by atoms with Gasteiger partial charge in [0.1, 0.15) is 23.6 Å². The molecule has 200 valence electrons. The van der Waals surface area contributed by atoms with Gasteiger partial charge in [0.25, 0.3) is 0 Å². The second kappa shape index (κ2) is 7.64. The standard InChI is InChI=1S/C29H42O7/c1-14-11-20(35-25(32)15(14)2)16(3)28(33)10-8-18-17-12-23-29(36-23)24(31)21(34-6)13-22(30)27(29,5)19(17)7-9-26(18,28)4/h16-21,23-24,31,33H,7-13H2,1-6H3. The first-order valence-corrected chi connectivity index (χ1v) is 13.9. The predicted molar refractivity (Wildman–Crippen MR) is 131 cm³/mol. The van der Waals surface area contributed by atoms with Crippen molar-refractivity contribution >= 4 is 11.8 Å². The fourth-order valence-corrected chi connectivity index (χ4v) is 10.0. The number of rotatable bonds is 3. The number of methoxy groups -OCH3 is 1. The summed E-state index contributed by atoms with van der Waals surface area (Å²) < 4.78 is 17.6. The van der Waals surface area contributed by atoms with E-state index in [4.69, 9.17) is 14.2 Å². The molecule has 6 aliphatic rings. The third-order valence-corrected chi connectivity index (χ3v) is 12.5. The molecule has 1 saturated heterocycles. The molecule has 0 aromatic rings. The first-order chi connectivity index (χ1) is 16.9. The lowest BCUT2D eigenvalue weighted by Gasteiger charge is -2.60. The highest BCUT2D eigenvalue weighted by atomic mass is 16.6. The number of fused-ring (bicyclic) bond motifs is 4. The molecule has 0 amide bonds. The summed E-state index contributed by atoms with van der Waals surface area (Å²) in [6.45, 7) is 10.1. The summed E-state index contributed by atoms with van der Waals surface area (Å²) in [5, 5.41) is 23.6. The van der Waals surface area contributed by atoms with Crippen LogP contribution in [0.3, 0.4) is 0 Å². The Hall–Kier alpha value is -1.28. The molecule has 0 aromatic heterocycles. The lowest BCUT2D eigenvalue weighted by molar-refractivity contribution is -0.199. The maximum absolute atomic E-state index is 13.7. The zero-order valence-electron chi connectivity index (χ0n) is 22.5. The van der Waals surface area contributed by atoms with Crippen molar-refractivity contribution in [3.05, 3.63) is 11.1 Å². The minimum Gasteiger partial charge on any atom is -0.458 e. The highest BCUT2D eigenvalue weighted by Gasteiger charge is 2.82. The number of aliphatic hydroxyl groups excluding tert-OH is 1. The lowest BCUT2D eigenvalue weighted by atomic mass is 9.43. The van der Waals surface area contributed by atoms with Gasteiger partial charge in [-0.15, -0.1) is 0 Å². The van der Waals surface area contributed by atoms with E-state index in [0.29, 0.717) is 18.4 Å². The van der Waals surface area contributed by atoms with Crippen molar-refractivity contribution in [3.63, 3.8) is 0 Å². The fraction of sp³-hybridized carbons (Fsp3) is 0.862. The molecule has 12 unspecified atom stereocenters. The summed E-state index contributed by atoms with van der Waals surface area (Å²) in [5.41, 5.74) is -1.13. The van der Waals surface area contributed by atoms with Crippen LogP contribution in [0.1, 0.15) is 79.6 Å². The van der Waals surface area contributed by atoms with E-state index in [2.05, 4.69) is 13.8 Å². The van der Waals surface area contributed by atoms with Crippen LogP contribution < -0.4 is 0 Å². The molecule has 2 heterocycles. The molecule has 4 aliphatic carbocycles. The lowest BCUT2D eigenvalue weighted by Crippen LogP contribution is -2.68. The Bertz CT molecular complexity index is 1040. The number of Topliss-reactive ketones (excluding diaryl/α,β-unsaturated/α-hetero) is 1. The van der Waals surface area contributed by atoms with Crippen molar-refractivity contribution in [2.24, 2.45) is 34.5 Å². The number of cyclic esters (lactones) is 1. The predicted octanol–water partition coefficient (Wildman–Crippen LogP) is 3.34. The Kier molecular flexibility index (Phi) is 5.31. The van der Waals surface area contributed by atoms with E-state index in [1.165, 1.54) is 0 Å². The van der Waals surface area contributed by atoms with Crippen molar-refractivity contribution in [2.45, 2.75) is 115 Å². The average Bonchev–Trinajstić information content (AvgIpc) is 3.51. The van der Waals surface area contributed by atoms with Crippen LogP contribution in [0.25, 0.3) is 0 Å². The van der Waals surface area contributed by atoms with Crippen LogP contribution in [0, 0.1) is 34.5 Å². The molecule has 0 bridgehead atoms. The highest BCUT2D eigenvalue weighted by Crippen LogP contribution is 2.74. The van der Waals surface area contributed by atoms with Crippen LogP contribution in [0.2, 0.25) is 0 Å². The van der Waals surface area contributed by atoms with Crippen LogP contribution in [0.15, 0.2) is 11.1 Å². The molecule has 1 spiro atoms. The van der Waals surface area contributed by atoms with Gasteiger partial charge in [-0.3, -0.25) is 4.79 Å². The maximum atomic E-state index is 13.7. The number of carbonyl (C=O) groups excluding carboxylic acids is 2. The molecule has 0 aromatic carbocycles. The zero-order valence-corrected chi connectivity index (χ0v) is 22.5. The number of hydrogen-bond donors (Lipinski definition) is 2. The van der Waals surface area contributed by atoms with Gasteiger partial charge < -0.3 is 24.4 Å². The molecular formula is C29H42O7. The van der Waals surface area contributed by atoms with E-state index < -0.39 is 28.8 Å². The normalized spacial score (nSPS) is 54.7. The van der Waals surface area contributed by atoms with Gasteiger partial charge in [0, 0.05) is 31.4 Å². The summed E-state index contributed by atoms with van der Waals surface area (Å²) in [6.07, 6.45) is 3.09. The molecule has 7 heteroatoms. The smallest absolute Gasteiger partial charge is 0.333 e. The SMILES string of the molecule is COC1CC(=O)C2(C)C3CCC4(C)C(CCC4(O)C(C)C4CC(C)=C(C)C(=O)O4)C3CC3OC32C1O. The first kappa shape index (κ1) is 25.0. The Balaban J connectivity index is 1.31. The highest BCUT2D eigenvalue weighted by molar-refractivity contribution is 5.90. The largest absolute Gasteiger partial charge is 0.458 e. The van der Waals surface area contributed by atoms with Crippen molar-refractivity contribution in [3.8, 4) is 0 Å². The Morgan fingerprint density at radius 2 is 1.78 bits per heavy atom. The van der Waals surface area contributed by atoms with Crippen LogP contribution in [-0.4, -0.2) is 64.7 Å². The molecule has 7 nitrogen and oxygen atoms in total. The summed E-state index contributed by atoms with van der Waals surface area (Å²) in [4.78, 5) is 26.1. The summed E-state index contributed by atoms with van der Waals surface area (Å²) >= 11 is 0. The second-order valence-electron chi connectivity index (χ2n) is 13.3. The van der Waals surface area contributed by atoms with Crippen molar-refractivity contribution < 1.29 is 34.0 Å². The van der Waals surface area contributed by atoms with Crippen LogP contribution in [0.5, 0.6) is 0 Å². The van der Waals surface area contributed by atoms with Crippen molar-refractivity contribution in [1.29, 1.82) is 0 Å². The number of aliphatic hydroxyl groups is 2. The third kappa shape index (κ3) is 2.73. The number of carbonyl (C=O) groups is 2. The zero-order chi connectivity index (χ0) is 26.0. The number of ketones is 1. The molecular weight excluding hydrogens is 460 g/mol. The molecule has 6 rings (SSSR count). The maximum Gasteiger partial charge on any atom is 0.333 e. The van der Waals surface area contributed by atoms with Crippen LogP contribution in [-0.2, 0) is 23.8 Å².